The number of benzene rings is 2. The van der Waals surface area contributed by atoms with E-state index in [1.54, 1.807) is 18.2 Å². The van der Waals surface area contributed by atoms with E-state index in [0.29, 0.717) is 16.5 Å². The summed E-state index contributed by atoms with van der Waals surface area (Å²) >= 11 is 5.95. The lowest BCUT2D eigenvalue weighted by Gasteiger charge is -2.12. The molecule has 0 fully saturated rings. The monoisotopic (exact) mass is 302 g/mol. The van der Waals surface area contributed by atoms with Gasteiger partial charge in [-0.2, -0.15) is 5.26 Å². The molecule has 0 atom stereocenters. The normalized spacial score (nSPS) is 10.0. The average Bonchev–Trinajstić information content (AvgIpc) is 2.42. The summed E-state index contributed by atoms with van der Waals surface area (Å²) in [6, 6.07) is 9.43. The summed E-state index contributed by atoms with van der Waals surface area (Å²) < 4.78 is 5.71. The highest BCUT2D eigenvalue weighted by atomic mass is 35.5. The minimum absolute atomic E-state index is 0.00287. The van der Waals surface area contributed by atoms with Crippen LogP contribution >= 0.6 is 11.6 Å². The lowest BCUT2D eigenvalue weighted by atomic mass is 10.1. The molecule has 0 aromatic heterocycles. The van der Waals surface area contributed by atoms with Crippen LogP contribution in [0.15, 0.2) is 30.3 Å². The van der Waals surface area contributed by atoms with E-state index in [4.69, 9.17) is 21.6 Å². The van der Waals surface area contributed by atoms with Gasteiger partial charge in [0, 0.05) is 5.02 Å². The third-order valence-corrected chi connectivity index (χ3v) is 3.15. The van der Waals surface area contributed by atoms with Crippen molar-refractivity contribution in [3.05, 3.63) is 62.2 Å². The number of nitrogens with zero attached hydrogens (tertiary/aromatic N) is 2. The van der Waals surface area contributed by atoms with E-state index in [2.05, 4.69) is 0 Å². The predicted octanol–water partition coefficient (Wildman–Crippen LogP) is 4.53. The first-order valence-corrected chi connectivity index (χ1v) is 6.43. The van der Waals surface area contributed by atoms with Gasteiger partial charge in [0.15, 0.2) is 0 Å². The molecule has 0 aliphatic carbocycles. The van der Waals surface area contributed by atoms with Gasteiger partial charge in [0.05, 0.1) is 11.0 Å². The molecule has 0 amide bonds. The Hall–Kier alpha value is -2.58. The smallest absolute Gasteiger partial charge is 0.290 e. The topological polar surface area (TPSA) is 76.2 Å². The number of nitriles is 1. The highest BCUT2D eigenvalue weighted by Crippen LogP contribution is 2.33. The first-order valence-electron chi connectivity index (χ1n) is 6.05. The highest BCUT2D eigenvalue weighted by molar-refractivity contribution is 6.30. The summed E-state index contributed by atoms with van der Waals surface area (Å²) in [5.41, 5.74) is 1.37. The van der Waals surface area contributed by atoms with E-state index in [0.717, 1.165) is 11.1 Å². The largest absolute Gasteiger partial charge is 0.457 e. The molecule has 2 aromatic rings. The van der Waals surface area contributed by atoms with Gasteiger partial charge in [0.25, 0.3) is 5.69 Å². The molecule has 0 heterocycles. The zero-order valence-electron chi connectivity index (χ0n) is 11.4. The van der Waals surface area contributed by atoms with E-state index in [1.165, 1.54) is 18.2 Å². The third-order valence-electron chi connectivity index (χ3n) is 2.93. The second-order valence-corrected chi connectivity index (χ2v) is 4.96. The van der Waals surface area contributed by atoms with Crippen molar-refractivity contribution in [2.24, 2.45) is 0 Å². The van der Waals surface area contributed by atoms with Crippen LogP contribution in [0.5, 0.6) is 11.5 Å². The molecular formula is C15H11ClN2O3. The Bertz CT molecular complexity index is 743. The van der Waals surface area contributed by atoms with Gasteiger partial charge in [-0.15, -0.1) is 0 Å². The zero-order valence-corrected chi connectivity index (χ0v) is 12.1. The standard InChI is InChI=1S/C15H11ClN2O3/c1-9-5-12(16)6-10(2)15(9)21-13-4-3-11(8-17)14(7-13)18(19)20/h3-7H,1-2H3. The quantitative estimate of drug-likeness (QED) is 0.616. The van der Waals surface area contributed by atoms with Gasteiger partial charge < -0.3 is 4.74 Å². The molecule has 0 spiro atoms. The van der Waals surface area contributed by atoms with Crippen LogP contribution in [-0.4, -0.2) is 4.92 Å². The maximum atomic E-state index is 10.9. The van der Waals surface area contributed by atoms with Gasteiger partial charge in [-0.3, -0.25) is 10.1 Å². The zero-order chi connectivity index (χ0) is 15.6. The lowest BCUT2D eigenvalue weighted by Crippen LogP contribution is -1.95. The summed E-state index contributed by atoms with van der Waals surface area (Å²) in [5.74, 6) is 0.896. The molecule has 21 heavy (non-hydrogen) atoms. The summed E-state index contributed by atoms with van der Waals surface area (Å²) in [6.45, 7) is 3.68. The molecule has 106 valence electrons. The molecule has 2 rings (SSSR count). The van der Waals surface area contributed by atoms with E-state index >= 15 is 0 Å². The number of aryl methyl sites for hydroxylation is 2. The number of hydrogen-bond donors (Lipinski definition) is 0. The van der Waals surface area contributed by atoms with E-state index in [1.807, 2.05) is 13.8 Å². The van der Waals surface area contributed by atoms with Crippen LogP contribution in [0.25, 0.3) is 0 Å². The van der Waals surface area contributed by atoms with Crippen molar-refractivity contribution in [2.75, 3.05) is 0 Å². The minimum atomic E-state index is -0.604. The van der Waals surface area contributed by atoms with Crippen molar-refractivity contribution in [3.8, 4) is 17.6 Å². The number of halogens is 1. The van der Waals surface area contributed by atoms with Gasteiger partial charge in [-0.05, 0) is 49.2 Å². The molecule has 0 bridgehead atoms. The number of hydrogen-bond acceptors (Lipinski definition) is 4. The predicted molar refractivity (Wildman–Crippen MR) is 78.8 cm³/mol. The maximum absolute atomic E-state index is 10.9. The van der Waals surface area contributed by atoms with Crippen LogP contribution in [0.3, 0.4) is 0 Å². The Morgan fingerprint density at radius 3 is 2.38 bits per heavy atom. The fourth-order valence-corrected chi connectivity index (χ4v) is 2.32. The van der Waals surface area contributed by atoms with Gasteiger partial charge in [0.2, 0.25) is 0 Å². The number of ether oxygens (including phenoxy) is 1. The summed E-state index contributed by atoms with van der Waals surface area (Å²) in [5, 5.41) is 20.4. The fraction of sp³-hybridized carbons (Fsp3) is 0.133. The third kappa shape index (κ3) is 3.12. The van der Waals surface area contributed by atoms with Gasteiger partial charge in [0.1, 0.15) is 23.1 Å². The molecule has 0 aliphatic heterocycles. The maximum Gasteiger partial charge on any atom is 0.290 e. The Morgan fingerprint density at radius 1 is 1.24 bits per heavy atom. The van der Waals surface area contributed by atoms with Gasteiger partial charge in [-0.1, -0.05) is 11.6 Å². The van der Waals surface area contributed by atoms with Crippen molar-refractivity contribution in [1.29, 1.82) is 5.26 Å². The average molecular weight is 303 g/mol. The number of nitro groups is 1. The summed E-state index contributed by atoms with van der Waals surface area (Å²) in [6.07, 6.45) is 0. The Kier molecular flexibility index (Phi) is 4.10. The van der Waals surface area contributed by atoms with Crippen LogP contribution in [0.1, 0.15) is 16.7 Å². The van der Waals surface area contributed by atoms with Crippen LogP contribution < -0.4 is 4.74 Å². The van der Waals surface area contributed by atoms with Crippen molar-refractivity contribution in [3.63, 3.8) is 0 Å². The molecule has 0 saturated carbocycles. The second-order valence-electron chi connectivity index (χ2n) is 4.52. The molecule has 5 nitrogen and oxygen atoms in total. The van der Waals surface area contributed by atoms with Gasteiger partial charge in [-0.25, -0.2) is 0 Å². The molecule has 0 saturated heterocycles. The molecule has 0 N–H and O–H groups in total. The van der Waals surface area contributed by atoms with Crippen LogP contribution in [0, 0.1) is 35.3 Å². The van der Waals surface area contributed by atoms with Gasteiger partial charge >= 0.3 is 0 Å². The first kappa shape index (κ1) is 14.8. The van der Waals surface area contributed by atoms with Crippen molar-refractivity contribution < 1.29 is 9.66 Å². The summed E-state index contributed by atoms with van der Waals surface area (Å²) in [4.78, 5) is 10.3. The van der Waals surface area contributed by atoms with E-state index in [-0.39, 0.29) is 11.3 Å². The second kappa shape index (κ2) is 5.81. The Balaban J connectivity index is 2.44. The minimum Gasteiger partial charge on any atom is -0.457 e. The van der Waals surface area contributed by atoms with Crippen molar-refractivity contribution >= 4 is 17.3 Å². The SMILES string of the molecule is Cc1cc(Cl)cc(C)c1Oc1ccc(C#N)c([N+](=O)[O-])c1. The fourth-order valence-electron chi connectivity index (χ4n) is 2.00. The Labute approximate surface area is 126 Å². The Morgan fingerprint density at radius 2 is 1.86 bits per heavy atom. The molecule has 0 aliphatic rings. The van der Waals surface area contributed by atoms with Crippen LogP contribution in [0.4, 0.5) is 5.69 Å². The van der Waals surface area contributed by atoms with Crippen LogP contribution in [0.2, 0.25) is 5.02 Å². The van der Waals surface area contributed by atoms with Crippen molar-refractivity contribution in [1.82, 2.24) is 0 Å². The van der Waals surface area contributed by atoms with Crippen molar-refractivity contribution in [2.45, 2.75) is 13.8 Å². The molecule has 0 unspecified atom stereocenters. The van der Waals surface area contributed by atoms with E-state index in [9.17, 15) is 10.1 Å². The number of nitro benzene ring substituents is 1. The number of rotatable bonds is 3. The van der Waals surface area contributed by atoms with E-state index < -0.39 is 4.92 Å². The first-order chi connectivity index (χ1) is 9.92. The molecular weight excluding hydrogens is 292 g/mol. The molecule has 2 aromatic carbocycles. The van der Waals surface area contributed by atoms with Crippen LogP contribution in [-0.2, 0) is 0 Å². The molecule has 6 heteroatoms. The lowest BCUT2D eigenvalue weighted by molar-refractivity contribution is -0.385. The summed E-state index contributed by atoms with van der Waals surface area (Å²) in [7, 11) is 0. The molecule has 0 radical (unpaired) electrons. The highest BCUT2D eigenvalue weighted by Gasteiger charge is 2.16.